The number of hydrogen-bond donors (Lipinski definition) is 1. The zero-order valence-corrected chi connectivity index (χ0v) is 21.8. The predicted molar refractivity (Wildman–Crippen MR) is 156 cm³/mol. The van der Waals surface area contributed by atoms with Gasteiger partial charge in [0.05, 0.1) is 0 Å². The predicted octanol–water partition coefficient (Wildman–Crippen LogP) is 5.87. The lowest BCUT2D eigenvalue weighted by molar-refractivity contribution is 0.103. The summed E-state index contributed by atoms with van der Waals surface area (Å²) in [6.45, 7) is 0.429. The van der Waals surface area contributed by atoms with Crippen molar-refractivity contribution in [3.63, 3.8) is 0 Å². The van der Waals surface area contributed by atoms with Gasteiger partial charge in [0.15, 0.2) is 11.6 Å². The van der Waals surface area contributed by atoms with Crippen LogP contribution < -0.4 is 5.73 Å². The number of ketones is 1. The van der Waals surface area contributed by atoms with Crippen LogP contribution in [0.2, 0.25) is 0 Å². The Morgan fingerprint density at radius 2 is 1.20 bits per heavy atom. The molecule has 0 atom stereocenters. The minimum atomic E-state index is -0.874. The van der Waals surface area contributed by atoms with Gasteiger partial charge in [-0.25, -0.2) is 4.68 Å². The minimum Gasteiger partial charge on any atom is -0.326 e. The summed E-state index contributed by atoms with van der Waals surface area (Å²) in [6.07, 6.45) is 0. The van der Waals surface area contributed by atoms with Gasteiger partial charge in [0.1, 0.15) is 5.54 Å². The molecule has 0 amide bonds. The fourth-order valence-electron chi connectivity index (χ4n) is 5.26. The molecule has 0 saturated heterocycles. The SMILES string of the molecule is NCc1ccc(C(=O)c2cccc(-c3nnnn3C(c3ccccc3)(c3ccccc3)c3ccccc3)c2)cc1. The van der Waals surface area contributed by atoms with Crippen molar-refractivity contribution < 1.29 is 4.79 Å². The molecule has 0 spiro atoms. The molecule has 2 N–H and O–H groups in total. The smallest absolute Gasteiger partial charge is 0.193 e. The summed E-state index contributed by atoms with van der Waals surface area (Å²) in [5.74, 6) is 0.467. The van der Waals surface area contributed by atoms with Gasteiger partial charge in [0, 0.05) is 23.2 Å². The van der Waals surface area contributed by atoms with Crippen LogP contribution in [0, 0.1) is 0 Å². The van der Waals surface area contributed by atoms with Crippen molar-refractivity contribution in [1.82, 2.24) is 20.2 Å². The number of aromatic nitrogens is 4. The molecule has 1 heterocycles. The Balaban J connectivity index is 1.55. The Morgan fingerprint density at radius 1 is 0.650 bits per heavy atom. The molecule has 0 unspecified atom stereocenters. The number of benzene rings is 5. The molecule has 0 radical (unpaired) electrons. The quantitative estimate of drug-likeness (QED) is 0.200. The second kappa shape index (κ2) is 10.9. The third-order valence-corrected chi connectivity index (χ3v) is 7.20. The molecular weight excluding hydrogens is 494 g/mol. The van der Waals surface area contributed by atoms with E-state index >= 15 is 0 Å². The number of nitrogens with zero attached hydrogens (tertiary/aromatic N) is 4. The Kier molecular flexibility index (Phi) is 6.83. The number of rotatable bonds is 8. The molecule has 6 rings (SSSR count). The molecule has 0 saturated carbocycles. The summed E-state index contributed by atoms with van der Waals surface area (Å²) in [5.41, 5.74) is 10.7. The maximum Gasteiger partial charge on any atom is 0.193 e. The molecule has 6 heteroatoms. The summed E-state index contributed by atoms with van der Waals surface area (Å²) >= 11 is 0. The van der Waals surface area contributed by atoms with E-state index in [9.17, 15) is 4.79 Å². The van der Waals surface area contributed by atoms with E-state index in [0.29, 0.717) is 23.5 Å². The highest BCUT2D eigenvalue weighted by atomic mass is 16.1. The summed E-state index contributed by atoms with van der Waals surface area (Å²) < 4.78 is 1.87. The Morgan fingerprint density at radius 3 is 1.73 bits per heavy atom. The molecule has 0 aliphatic rings. The van der Waals surface area contributed by atoms with Crippen molar-refractivity contribution in [1.29, 1.82) is 0 Å². The van der Waals surface area contributed by atoms with E-state index < -0.39 is 5.54 Å². The summed E-state index contributed by atoms with van der Waals surface area (Å²) in [7, 11) is 0. The average Bonchev–Trinajstić information content (AvgIpc) is 3.53. The number of tetrazole rings is 1. The summed E-state index contributed by atoms with van der Waals surface area (Å²) in [4.78, 5) is 13.4. The van der Waals surface area contributed by atoms with Crippen molar-refractivity contribution >= 4 is 5.78 Å². The number of nitrogens with two attached hydrogens (primary N) is 1. The minimum absolute atomic E-state index is 0.0788. The van der Waals surface area contributed by atoms with Crippen LogP contribution in [0.4, 0.5) is 0 Å². The highest BCUT2D eigenvalue weighted by Crippen LogP contribution is 2.42. The highest BCUT2D eigenvalue weighted by Gasteiger charge is 2.41. The van der Waals surface area contributed by atoms with Gasteiger partial charge < -0.3 is 5.73 Å². The zero-order valence-electron chi connectivity index (χ0n) is 21.8. The van der Waals surface area contributed by atoms with Crippen molar-refractivity contribution in [3.05, 3.63) is 173 Å². The van der Waals surface area contributed by atoms with Crippen molar-refractivity contribution in [2.24, 2.45) is 5.73 Å². The van der Waals surface area contributed by atoms with Crippen molar-refractivity contribution in [2.75, 3.05) is 0 Å². The standard InChI is InChI=1S/C34H27N5O/c35-24-25-19-21-26(22-20-25)32(40)27-11-10-12-28(23-27)33-36-37-38-39(33)34(29-13-4-1-5-14-29,30-15-6-2-7-16-30)31-17-8-3-9-18-31/h1-23H,24,35H2. The molecular formula is C34H27N5O. The molecule has 5 aromatic carbocycles. The third-order valence-electron chi connectivity index (χ3n) is 7.20. The molecule has 6 aromatic rings. The second-order valence-corrected chi connectivity index (χ2v) is 9.53. The zero-order chi connectivity index (χ0) is 27.4. The van der Waals surface area contributed by atoms with E-state index in [2.05, 4.69) is 51.9 Å². The first-order chi connectivity index (χ1) is 19.7. The summed E-state index contributed by atoms with van der Waals surface area (Å²) in [5, 5.41) is 13.3. The Labute approximate surface area is 232 Å². The number of hydrogen-bond acceptors (Lipinski definition) is 5. The lowest BCUT2D eigenvalue weighted by Crippen LogP contribution is -2.39. The second-order valence-electron chi connectivity index (χ2n) is 9.53. The highest BCUT2D eigenvalue weighted by molar-refractivity contribution is 6.09. The largest absolute Gasteiger partial charge is 0.326 e. The van der Waals surface area contributed by atoms with Gasteiger partial charge in [-0.15, -0.1) is 5.10 Å². The van der Waals surface area contributed by atoms with E-state index in [0.717, 1.165) is 27.8 Å². The van der Waals surface area contributed by atoms with Crippen molar-refractivity contribution in [2.45, 2.75) is 12.1 Å². The Bertz CT molecular complexity index is 1630. The lowest BCUT2D eigenvalue weighted by atomic mass is 9.77. The van der Waals surface area contributed by atoms with E-state index in [1.165, 1.54) is 0 Å². The van der Waals surface area contributed by atoms with Crippen LogP contribution in [0.25, 0.3) is 11.4 Å². The van der Waals surface area contributed by atoms with Gasteiger partial charge in [-0.1, -0.05) is 133 Å². The maximum atomic E-state index is 13.4. The molecule has 0 aliphatic heterocycles. The normalized spacial score (nSPS) is 11.3. The van der Waals surface area contributed by atoms with Gasteiger partial charge in [0.2, 0.25) is 0 Å². The van der Waals surface area contributed by atoms with Crippen molar-refractivity contribution in [3.8, 4) is 11.4 Å². The number of carbonyl (C=O) groups excluding carboxylic acids is 1. The fourth-order valence-corrected chi connectivity index (χ4v) is 5.26. The Hall–Kier alpha value is -5.20. The first kappa shape index (κ1) is 25.1. The van der Waals surface area contributed by atoms with Crippen LogP contribution in [0.1, 0.15) is 38.2 Å². The number of carbonyl (C=O) groups is 1. The van der Waals surface area contributed by atoms with Crippen LogP contribution >= 0.6 is 0 Å². The van der Waals surface area contributed by atoms with Crippen LogP contribution in [-0.4, -0.2) is 26.0 Å². The van der Waals surface area contributed by atoms with Gasteiger partial charge in [-0.2, -0.15) is 0 Å². The topological polar surface area (TPSA) is 86.7 Å². The maximum absolute atomic E-state index is 13.4. The molecule has 1 aromatic heterocycles. The van der Waals surface area contributed by atoms with Gasteiger partial charge in [-0.3, -0.25) is 4.79 Å². The lowest BCUT2D eigenvalue weighted by Gasteiger charge is -2.36. The van der Waals surface area contributed by atoms with E-state index in [1.54, 1.807) is 0 Å². The molecule has 0 fully saturated rings. The molecule has 40 heavy (non-hydrogen) atoms. The first-order valence-corrected chi connectivity index (χ1v) is 13.1. The van der Waals surface area contributed by atoms with Gasteiger partial charge >= 0.3 is 0 Å². The molecule has 6 nitrogen and oxygen atoms in total. The van der Waals surface area contributed by atoms with Crippen LogP contribution in [0.5, 0.6) is 0 Å². The van der Waals surface area contributed by atoms with E-state index in [-0.39, 0.29) is 5.78 Å². The van der Waals surface area contributed by atoms with Crippen LogP contribution in [-0.2, 0) is 12.1 Å². The average molecular weight is 522 g/mol. The van der Waals surface area contributed by atoms with Crippen LogP contribution in [0.3, 0.4) is 0 Å². The van der Waals surface area contributed by atoms with E-state index in [4.69, 9.17) is 5.73 Å². The third kappa shape index (κ3) is 4.40. The molecule has 194 valence electrons. The van der Waals surface area contributed by atoms with Gasteiger partial charge in [-0.05, 0) is 38.7 Å². The monoisotopic (exact) mass is 521 g/mol. The molecule has 0 bridgehead atoms. The first-order valence-electron chi connectivity index (χ1n) is 13.1. The summed E-state index contributed by atoms with van der Waals surface area (Å²) in [6, 6.07) is 45.6. The fraction of sp³-hybridized carbons (Fsp3) is 0.0588. The molecule has 0 aliphatic carbocycles. The van der Waals surface area contributed by atoms with Gasteiger partial charge in [0.25, 0.3) is 0 Å². The van der Waals surface area contributed by atoms with E-state index in [1.807, 2.05) is 108 Å². The van der Waals surface area contributed by atoms with Crippen LogP contribution in [0.15, 0.2) is 140 Å².